The second kappa shape index (κ2) is 12.1. The summed E-state index contributed by atoms with van der Waals surface area (Å²) < 4.78 is 12.4. The van der Waals surface area contributed by atoms with Crippen LogP contribution in [0.3, 0.4) is 0 Å². The van der Waals surface area contributed by atoms with E-state index >= 15 is 0 Å². The molecule has 8 heteroatoms. The van der Waals surface area contributed by atoms with Crippen LogP contribution in [0, 0.1) is 10.1 Å². The van der Waals surface area contributed by atoms with Crippen molar-refractivity contribution in [3.05, 3.63) is 112 Å². The molecule has 1 amide bonds. The summed E-state index contributed by atoms with van der Waals surface area (Å²) in [5.74, 6) is 0.776. The predicted molar refractivity (Wildman–Crippen MR) is 159 cm³/mol. The van der Waals surface area contributed by atoms with Gasteiger partial charge in [0.1, 0.15) is 11.9 Å². The van der Waals surface area contributed by atoms with E-state index in [0.29, 0.717) is 24.3 Å². The molecule has 0 radical (unpaired) electrons. The number of fused-ring (bicyclic) bond motifs is 1. The van der Waals surface area contributed by atoms with Crippen LogP contribution in [0.2, 0.25) is 0 Å². The SMILES string of the molecule is O=C1C(=CC=Cc2ccc([N+](=O)[O-])cc2)c2ccccc2N1Cc1ccc(OC2CC(OC3CCNCC3)C2)cc1. The molecule has 0 unspecified atom stereocenters. The molecule has 3 aromatic rings. The molecule has 0 bridgehead atoms. The van der Waals surface area contributed by atoms with Gasteiger partial charge >= 0.3 is 0 Å². The van der Waals surface area contributed by atoms with Crippen molar-refractivity contribution in [1.29, 1.82) is 0 Å². The number of nitro benzene ring substituents is 1. The predicted octanol–water partition coefficient (Wildman–Crippen LogP) is 5.92. The quantitative estimate of drug-likeness (QED) is 0.202. The summed E-state index contributed by atoms with van der Waals surface area (Å²) >= 11 is 0. The summed E-state index contributed by atoms with van der Waals surface area (Å²) in [7, 11) is 0. The average molecular weight is 552 g/mol. The normalized spacial score (nSPS) is 21.7. The van der Waals surface area contributed by atoms with Gasteiger partial charge in [0.2, 0.25) is 0 Å². The Morgan fingerprint density at radius 2 is 1.66 bits per heavy atom. The number of nitrogens with zero attached hydrogens (tertiary/aromatic N) is 2. The fourth-order valence-corrected chi connectivity index (χ4v) is 5.56. The smallest absolute Gasteiger partial charge is 0.269 e. The summed E-state index contributed by atoms with van der Waals surface area (Å²) in [6, 6.07) is 22.1. The minimum Gasteiger partial charge on any atom is -0.490 e. The van der Waals surface area contributed by atoms with Crippen LogP contribution in [-0.2, 0) is 16.1 Å². The molecule has 6 rings (SSSR count). The average Bonchev–Trinajstić information content (AvgIpc) is 3.24. The van der Waals surface area contributed by atoms with Gasteiger partial charge in [0.05, 0.1) is 29.4 Å². The first-order valence-corrected chi connectivity index (χ1v) is 14.2. The topological polar surface area (TPSA) is 93.9 Å². The number of non-ortho nitro benzene ring substituents is 1. The molecule has 1 aliphatic carbocycles. The Morgan fingerprint density at radius 3 is 2.39 bits per heavy atom. The summed E-state index contributed by atoms with van der Waals surface area (Å²) in [5.41, 5.74) is 4.26. The molecule has 2 heterocycles. The largest absolute Gasteiger partial charge is 0.490 e. The number of hydrogen-bond acceptors (Lipinski definition) is 6. The lowest BCUT2D eigenvalue weighted by Gasteiger charge is -2.38. The number of rotatable bonds is 9. The maximum atomic E-state index is 13.5. The van der Waals surface area contributed by atoms with Crippen LogP contribution in [0.1, 0.15) is 42.4 Å². The molecular formula is C33H33N3O5. The first-order valence-electron chi connectivity index (χ1n) is 14.2. The lowest BCUT2D eigenvalue weighted by Crippen LogP contribution is -2.43. The molecule has 210 valence electrons. The lowest BCUT2D eigenvalue weighted by atomic mass is 9.91. The van der Waals surface area contributed by atoms with Crippen LogP contribution in [0.4, 0.5) is 11.4 Å². The van der Waals surface area contributed by atoms with Gasteiger partial charge in [-0.2, -0.15) is 0 Å². The molecule has 2 fully saturated rings. The van der Waals surface area contributed by atoms with Crippen LogP contribution in [-0.4, -0.2) is 42.2 Å². The highest BCUT2D eigenvalue weighted by Crippen LogP contribution is 2.38. The summed E-state index contributed by atoms with van der Waals surface area (Å²) in [5, 5.41) is 14.3. The Bertz CT molecular complexity index is 1450. The van der Waals surface area contributed by atoms with Gasteiger partial charge in [0.15, 0.2) is 0 Å². The number of para-hydroxylation sites is 1. The third-order valence-corrected chi connectivity index (χ3v) is 7.91. The van der Waals surface area contributed by atoms with Crippen molar-refractivity contribution in [2.45, 2.75) is 50.5 Å². The number of carbonyl (C=O) groups excluding carboxylic acids is 1. The molecule has 0 spiro atoms. The van der Waals surface area contributed by atoms with Crippen LogP contribution < -0.4 is 15.0 Å². The van der Waals surface area contributed by atoms with E-state index in [1.54, 1.807) is 23.1 Å². The summed E-state index contributed by atoms with van der Waals surface area (Å²) in [6.45, 7) is 2.53. The standard InChI is InChI=1S/C33H33N3O5/c37-33-31(6-3-4-23-8-12-25(13-9-23)36(38)39)30-5-1-2-7-32(30)35(33)22-24-10-14-26(15-11-24)40-28-20-29(21-28)41-27-16-18-34-19-17-27/h1-15,27-29,34H,16-22H2. The van der Waals surface area contributed by atoms with Gasteiger partial charge < -0.3 is 19.7 Å². The van der Waals surface area contributed by atoms with E-state index < -0.39 is 4.92 Å². The monoisotopic (exact) mass is 551 g/mol. The van der Waals surface area contributed by atoms with E-state index in [1.165, 1.54) is 12.1 Å². The number of benzene rings is 3. The molecule has 41 heavy (non-hydrogen) atoms. The van der Waals surface area contributed by atoms with E-state index in [0.717, 1.165) is 66.9 Å². The van der Waals surface area contributed by atoms with Crippen molar-refractivity contribution in [1.82, 2.24) is 5.32 Å². The second-order valence-corrected chi connectivity index (χ2v) is 10.8. The van der Waals surface area contributed by atoms with Crippen LogP contribution in [0.25, 0.3) is 11.6 Å². The van der Waals surface area contributed by atoms with Crippen molar-refractivity contribution in [3.63, 3.8) is 0 Å². The molecule has 8 nitrogen and oxygen atoms in total. The summed E-state index contributed by atoms with van der Waals surface area (Å²) in [4.78, 5) is 25.7. The van der Waals surface area contributed by atoms with E-state index in [9.17, 15) is 14.9 Å². The van der Waals surface area contributed by atoms with E-state index in [4.69, 9.17) is 9.47 Å². The van der Waals surface area contributed by atoms with E-state index in [1.807, 2.05) is 60.7 Å². The number of piperidine rings is 1. The van der Waals surface area contributed by atoms with Gasteiger partial charge in [-0.1, -0.05) is 42.5 Å². The highest BCUT2D eigenvalue weighted by atomic mass is 16.6. The molecular weight excluding hydrogens is 518 g/mol. The Balaban J connectivity index is 1.06. The molecule has 3 aromatic carbocycles. The molecule has 2 aliphatic heterocycles. The van der Waals surface area contributed by atoms with Gasteiger partial charge in [-0.25, -0.2) is 0 Å². The Morgan fingerprint density at radius 1 is 0.927 bits per heavy atom. The van der Waals surface area contributed by atoms with Crippen molar-refractivity contribution in [2.75, 3.05) is 18.0 Å². The lowest BCUT2D eigenvalue weighted by molar-refractivity contribution is -0.384. The second-order valence-electron chi connectivity index (χ2n) is 10.8. The highest BCUT2D eigenvalue weighted by Gasteiger charge is 2.34. The minimum absolute atomic E-state index is 0.0462. The zero-order valence-electron chi connectivity index (χ0n) is 22.8. The number of carbonyl (C=O) groups is 1. The van der Waals surface area contributed by atoms with Crippen molar-refractivity contribution in [2.24, 2.45) is 0 Å². The molecule has 0 aromatic heterocycles. The molecule has 1 N–H and O–H groups in total. The zero-order chi connectivity index (χ0) is 28.2. The van der Waals surface area contributed by atoms with Gasteiger partial charge in [-0.15, -0.1) is 0 Å². The Kier molecular flexibility index (Phi) is 7.93. The zero-order valence-corrected chi connectivity index (χ0v) is 22.8. The molecule has 0 atom stereocenters. The van der Waals surface area contributed by atoms with Gasteiger partial charge in [0, 0.05) is 36.1 Å². The van der Waals surface area contributed by atoms with Crippen LogP contribution in [0.5, 0.6) is 5.75 Å². The Hall–Kier alpha value is -4.27. The molecule has 1 saturated carbocycles. The van der Waals surface area contributed by atoms with Gasteiger partial charge in [0.25, 0.3) is 11.6 Å². The maximum Gasteiger partial charge on any atom is 0.269 e. The van der Waals surface area contributed by atoms with Crippen molar-refractivity contribution < 1.29 is 19.2 Å². The number of nitrogens with one attached hydrogen (secondary N) is 1. The first-order chi connectivity index (χ1) is 20.0. The first kappa shape index (κ1) is 26.9. The maximum absolute atomic E-state index is 13.5. The Labute approximate surface area is 239 Å². The van der Waals surface area contributed by atoms with Gasteiger partial charge in [-0.3, -0.25) is 14.9 Å². The number of ether oxygens (including phenoxy) is 2. The molecule has 1 saturated heterocycles. The van der Waals surface area contributed by atoms with Crippen molar-refractivity contribution >= 4 is 28.9 Å². The summed E-state index contributed by atoms with van der Waals surface area (Å²) in [6.07, 6.45) is 10.3. The molecule has 3 aliphatic rings. The van der Waals surface area contributed by atoms with E-state index in [2.05, 4.69) is 5.32 Å². The fourth-order valence-electron chi connectivity index (χ4n) is 5.56. The fraction of sp³-hybridized carbons (Fsp3) is 0.303. The van der Waals surface area contributed by atoms with Crippen molar-refractivity contribution in [3.8, 4) is 5.75 Å². The van der Waals surface area contributed by atoms with Crippen LogP contribution >= 0.6 is 0 Å². The number of nitro groups is 1. The number of allylic oxidation sites excluding steroid dienone is 2. The third kappa shape index (κ3) is 6.24. The number of anilines is 1. The van der Waals surface area contributed by atoms with Crippen LogP contribution in [0.15, 0.2) is 84.9 Å². The minimum atomic E-state index is -0.422. The number of amides is 1. The highest BCUT2D eigenvalue weighted by molar-refractivity contribution is 6.32. The van der Waals surface area contributed by atoms with E-state index in [-0.39, 0.29) is 17.7 Å². The third-order valence-electron chi connectivity index (χ3n) is 7.91. The van der Waals surface area contributed by atoms with Gasteiger partial charge in [-0.05, 0) is 73.5 Å². The number of hydrogen-bond donors (Lipinski definition) is 1.